The Kier molecular flexibility index (Phi) is 6.10. The molecule has 0 atom stereocenters. The maximum Gasteiger partial charge on any atom is 0.267 e. The van der Waals surface area contributed by atoms with Crippen molar-refractivity contribution in [3.8, 4) is 5.75 Å². The van der Waals surface area contributed by atoms with Crippen LogP contribution < -0.4 is 15.8 Å². The number of hydrogen-bond acceptors (Lipinski definition) is 4. The number of allylic oxidation sites excluding steroid dienone is 1. The van der Waals surface area contributed by atoms with E-state index < -0.39 is 5.91 Å². The van der Waals surface area contributed by atoms with Gasteiger partial charge in [0.15, 0.2) is 0 Å². The first-order valence-electron chi connectivity index (χ1n) is 7.26. The minimum atomic E-state index is -0.692. The number of nitrogens with one attached hydrogen (secondary N) is 1. The topological polar surface area (TPSA) is 80.6 Å². The fourth-order valence-corrected chi connectivity index (χ4v) is 2.08. The first-order valence-corrected chi connectivity index (χ1v) is 7.26. The van der Waals surface area contributed by atoms with Crippen LogP contribution in [0.5, 0.6) is 5.75 Å². The monoisotopic (exact) mass is 326 g/mol. The van der Waals surface area contributed by atoms with Gasteiger partial charge in [-0.2, -0.15) is 0 Å². The Labute approximate surface area is 139 Å². The van der Waals surface area contributed by atoms with E-state index in [-0.39, 0.29) is 5.56 Å². The van der Waals surface area contributed by atoms with Gasteiger partial charge in [0.25, 0.3) is 11.5 Å². The predicted molar refractivity (Wildman–Crippen MR) is 91.7 cm³/mol. The van der Waals surface area contributed by atoms with E-state index in [9.17, 15) is 9.59 Å². The molecule has 0 unspecified atom stereocenters. The lowest BCUT2D eigenvalue weighted by Gasteiger charge is -2.03. The molecule has 1 aromatic carbocycles. The fourth-order valence-electron chi connectivity index (χ4n) is 2.08. The van der Waals surface area contributed by atoms with Crippen molar-refractivity contribution < 1.29 is 14.7 Å². The number of hydroxylamine groups is 1. The molecule has 2 rings (SSSR count). The minimum Gasteiger partial charge on any atom is -0.497 e. The van der Waals surface area contributed by atoms with E-state index in [1.807, 2.05) is 36.4 Å². The lowest BCUT2D eigenvalue weighted by Crippen LogP contribution is -2.21. The summed E-state index contributed by atoms with van der Waals surface area (Å²) in [6.45, 7) is 0.393. The van der Waals surface area contributed by atoms with Gasteiger partial charge < -0.3 is 9.30 Å². The largest absolute Gasteiger partial charge is 0.497 e. The molecule has 1 heterocycles. The molecule has 2 aromatic rings. The van der Waals surface area contributed by atoms with E-state index in [0.29, 0.717) is 12.1 Å². The second-order valence-electron chi connectivity index (χ2n) is 4.91. The molecule has 0 radical (unpaired) electrons. The van der Waals surface area contributed by atoms with Gasteiger partial charge in [-0.3, -0.25) is 14.8 Å². The summed E-state index contributed by atoms with van der Waals surface area (Å²) in [6.07, 6.45) is 7.88. The number of benzene rings is 1. The van der Waals surface area contributed by atoms with Gasteiger partial charge in [-0.1, -0.05) is 24.3 Å². The van der Waals surface area contributed by atoms with E-state index in [2.05, 4.69) is 0 Å². The van der Waals surface area contributed by atoms with Crippen LogP contribution in [0.3, 0.4) is 0 Å². The summed E-state index contributed by atoms with van der Waals surface area (Å²) in [6, 6.07) is 10.9. The number of rotatable bonds is 6. The maximum atomic E-state index is 12.3. The van der Waals surface area contributed by atoms with Crippen LogP contribution in [0.15, 0.2) is 59.5 Å². The van der Waals surface area contributed by atoms with E-state index >= 15 is 0 Å². The molecule has 6 heteroatoms. The van der Waals surface area contributed by atoms with Crippen LogP contribution >= 0.6 is 0 Å². The number of amides is 1. The first-order chi connectivity index (χ1) is 11.6. The Bertz CT molecular complexity index is 822. The van der Waals surface area contributed by atoms with Crippen LogP contribution in [-0.2, 0) is 11.3 Å². The number of carbonyl (C=O) groups excluding carboxylic acids is 1. The van der Waals surface area contributed by atoms with Crippen molar-refractivity contribution in [2.75, 3.05) is 7.11 Å². The molecule has 0 bridgehead atoms. The molecule has 6 nitrogen and oxygen atoms in total. The van der Waals surface area contributed by atoms with Gasteiger partial charge in [0.1, 0.15) is 5.75 Å². The zero-order valence-electron chi connectivity index (χ0n) is 13.2. The number of pyridine rings is 1. The number of methoxy groups -OCH3 is 1. The van der Waals surface area contributed by atoms with Gasteiger partial charge in [-0.15, -0.1) is 0 Å². The molecule has 124 valence electrons. The maximum absolute atomic E-state index is 12.3. The third kappa shape index (κ3) is 4.69. The van der Waals surface area contributed by atoms with E-state index in [0.717, 1.165) is 17.4 Å². The first kappa shape index (κ1) is 17.2. The number of aromatic nitrogens is 1. The van der Waals surface area contributed by atoms with Crippen LogP contribution in [0.4, 0.5) is 0 Å². The Morgan fingerprint density at radius 1 is 1.29 bits per heavy atom. The zero-order chi connectivity index (χ0) is 17.4. The highest BCUT2D eigenvalue weighted by molar-refractivity contribution is 5.90. The Hall–Kier alpha value is -3.12. The average molecular weight is 326 g/mol. The molecule has 0 aliphatic heterocycles. The van der Waals surface area contributed by atoms with E-state index in [4.69, 9.17) is 9.94 Å². The molecule has 0 saturated heterocycles. The molecule has 1 aromatic heterocycles. The molecule has 0 aliphatic carbocycles. The van der Waals surface area contributed by atoms with Crippen molar-refractivity contribution in [2.45, 2.75) is 6.54 Å². The van der Waals surface area contributed by atoms with Crippen molar-refractivity contribution in [2.24, 2.45) is 0 Å². The van der Waals surface area contributed by atoms with Crippen molar-refractivity contribution in [3.63, 3.8) is 0 Å². The highest BCUT2D eigenvalue weighted by Crippen LogP contribution is 2.13. The van der Waals surface area contributed by atoms with Gasteiger partial charge in [-0.25, -0.2) is 5.48 Å². The third-order valence-electron chi connectivity index (χ3n) is 3.28. The Morgan fingerprint density at radius 2 is 2.12 bits per heavy atom. The molecule has 0 spiro atoms. The van der Waals surface area contributed by atoms with Crippen LogP contribution in [0, 0.1) is 0 Å². The summed E-state index contributed by atoms with van der Waals surface area (Å²) in [5.74, 6) is 0.0753. The van der Waals surface area contributed by atoms with Crippen molar-refractivity contribution >= 4 is 18.1 Å². The van der Waals surface area contributed by atoms with Crippen LogP contribution in [0.25, 0.3) is 12.2 Å². The van der Waals surface area contributed by atoms with Crippen LogP contribution in [-0.4, -0.2) is 22.8 Å². The molecular weight excluding hydrogens is 308 g/mol. The highest BCUT2D eigenvalue weighted by atomic mass is 16.5. The molecule has 0 aliphatic rings. The molecule has 2 N–H and O–H groups in total. The van der Waals surface area contributed by atoms with E-state index in [1.165, 1.54) is 16.1 Å². The smallest absolute Gasteiger partial charge is 0.267 e. The fraction of sp³-hybridized carbons (Fsp3) is 0.111. The standard InChI is InChI=1S/C18H18N2O4/c1-24-16-8-2-5-14(13-16)6-3-11-20-12-4-7-15(18(20)22)9-10-17(21)19-23/h2-10,12-13,23H,11H2,1H3,(H,19,21)/b6-3+,10-9+. The summed E-state index contributed by atoms with van der Waals surface area (Å²) in [5, 5.41) is 8.45. The highest BCUT2D eigenvalue weighted by Gasteiger charge is 2.00. The predicted octanol–water partition coefficient (Wildman–Crippen LogP) is 2.09. The van der Waals surface area contributed by atoms with Gasteiger partial charge >= 0.3 is 0 Å². The van der Waals surface area contributed by atoms with E-state index in [1.54, 1.807) is 25.4 Å². The van der Waals surface area contributed by atoms with Crippen LogP contribution in [0.1, 0.15) is 11.1 Å². The average Bonchev–Trinajstić information content (AvgIpc) is 2.62. The lowest BCUT2D eigenvalue weighted by atomic mass is 10.2. The number of ether oxygens (including phenoxy) is 1. The van der Waals surface area contributed by atoms with Gasteiger partial charge in [0.05, 0.1) is 7.11 Å². The van der Waals surface area contributed by atoms with Crippen molar-refractivity contribution in [3.05, 3.63) is 76.2 Å². The summed E-state index contributed by atoms with van der Waals surface area (Å²) < 4.78 is 6.68. The van der Waals surface area contributed by atoms with Gasteiger partial charge in [0.2, 0.25) is 0 Å². The summed E-state index contributed by atoms with van der Waals surface area (Å²) >= 11 is 0. The molecule has 0 fully saturated rings. The second kappa shape index (κ2) is 8.50. The molecule has 1 amide bonds. The van der Waals surface area contributed by atoms with Crippen molar-refractivity contribution in [1.29, 1.82) is 0 Å². The SMILES string of the molecule is COc1cccc(/C=C/Cn2cccc(/C=C/C(=O)NO)c2=O)c1. The summed E-state index contributed by atoms with van der Waals surface area (Å²) in [4.78, 5) is 23.3. The Morgan fingerprint density at radius 3 is 2.88 bits per heavy atom. The number of hydrogen-bond donors (Lipinski definition) is 2. The number of nitrogens with zero attached hydrogens (tertiary/aromatic N) is 1. The van der Waals surface area contributed by atoms with Gasteiger partial charge in [-0.05, 0) is 35.9 Å². The quantitative estimate of drug-likeness (QED) is 0.484. The molecule has 24 heavy (non-hydrogen) atoms. The third-order valence-corrected chi connectivity index (χ3v) is 3.28. The molecular formula is C18H18N2O4. The lowest BCUT2D eigenvalue weighted by molar-refractivity contribution is -0.124. The minimum absolute atomic E-state index is 0.227. The zero-order valence-corrected chi connectivity index (χ0v) is 13.2. The summed E-state index contributed by atoms with van der Waals surface area (Å²) in [5.41, 5.74) is 2.58. The van der Waals surface area contributed by atoms with Crippen molar-refractivity contribution in [1.82, 2.24) is 10.0 Å². The molecule has 0 saturated carbocycles. The van der Waals surface area contributed by atoms with Gasteiger partial charge in [0, 0.05) is 24.4 Å². The number of carbonyl (C=O) groups is 1. The second-order valence-corrected chi connectivity index (χ2v) is 4.91. The normalized spacial score (nSPS) is 11.1. The van der Waals surface area contributed by atoms with Crippen LogP contribution in [0.2, 0.25) is 0 Å². The summed E-state index contributed by atoms with van der Waals surface area (Å²) in [7, 11) is 1.61. The Balaban J connectivity index is 2.12.